The zero-order chi connectivity index (χ0) is 21.8. The molecule has 0 aliphatic rings. The fraction of sp³-hybridized carbons (Fsp3) is 0.333. The number of aromatic nitrogens is 3. The number of carbonyl (C=O) groups is 1. The van der Waals surface area contributed by atoms with Crippen molar-refractivity contribution in [2.45, 2.75) is 39.5 Å². The summed E-state index contributed by atoms with van der Waals surface area (Å²) in [6.45, 7) is 5.98. The molecular formula is C21H22ClN5O3. The lowest BCUT2D eigenvalue weighted by atomic mass is 10.1. The van der Waals surface area contributed by atoms with Crippen LogP contribution in [0.25, 0.3) is 11.3 Å². The fourth-order valence-corrected chi connectivity index (χ4v) is 3.09. The van der Waals surface area contributed by atoms with Gasteiger partial charge in [0.1, 0.15) is 12.2 Å². The molecule has 156 valence electrons. The normalized spacial score (nSPS) is 13.1. The second-order valence-corrected chi connectivity index (χ2v) is 7.81. The molecule has 0 aliphatic heterocycles. The predicted molar refractivity (Wildman–Crippen MR) is 111 cm³/mol. The van der Waals surface area contributed by atoms with E-state index in [2.05, 4.69) is 15.6 Å². The zero-order valence-corrected chi connectivity index (χ0v) is 17.6. The second kappa shape index (κ2) is 9.11. The van der Waals surface area contributed by atoms with Crippen LogP contribution in [0.15, 0.2) is 41.1 Å². The highest BCUT2D eigenvalue weighted by Crippen LogP contribution is 2.24. The number of aliphatic hydroxyl groups is 1. The Labute approximate surface area is 179 Å². The third-order valence-electron chi connectivity index (χ3n) is 4.55. The minimum absolute atomic E-state index is 0.0483. The summed E-state index contributed by atoms with van der Waals surface area (Å²) in [5, 5.41) is 30.4. The van der Waals surface area contributed by atoms with Crippen molar-refractivity contribution in [2.24, 2.45) is 5.92 Å². The largest absolute Gasteiger partial charge is 0.385 e. The Bertz CT molecular complexity index is 1080. The van der Waals surface area contributed by atoms with Gasteiger partial charge in [-0.2, -0.15) is 10.4 Å². The maximum absolute atomic E-state index is 12.4. The summed E-state index contributed by atoms with van der Waals surface area (Å²) in [4.78, 5) is 12.4. The molecule has 3 rings (SSSR count). The molecular weight excluding hydrogens is 406 g/mol. The van der Waals surface area contributed by atoms with Gasteiger partial charge in [0.05, 0.1) is 22.8 Å². The van der Waals surface area contributed by atoms with Crippen molar-refractivity contribution in [2.75, 3.05) is 0 Å². The van der Waals surface area contributed by atoms with Gasteiger partial charge in [-0.05, 0) is 31.0 Å². The summed E-state index contributed by atoms with van der Waals surface area (Å²) in [7, 11) is 0. The lowest BCUT2D eigenvalue weighted by molar-refractivity contribution is 0.0908. The molecule has 0 fully saturated rings. The maximum Gasteiger partial charge on any atom is 0.273 e. The van der Waals surface area contributed by atoms with Crippen molar-refractivity contribution >= 4 is 17.5 Å². The highest BCUT2D eigenvalue weighted by atomic mass is 35.5. The SMILES string of the molecule is CC(Cn1ccc(-c2ccc(C#N)c(Cl)c2)n1)NC(=O)c1cc(C(O)C(C)C)on1. The van der Waals surface area contributed by atoms with Crippen molar-refractivity contribution in [1.29, 1.82) is 5.26 Å². The topological polar surface area (TPSA) is 117 Å². The van der Waals surface area contributed by atoms with E-state index in [0.29, 0.717) is 22.8 Å². The number of halogens is 1. The molecule has 2 aromatic heterocycles. The van der Waals surface area contributed by atoms with E-state index < -0.39 is 6.10 Å². The molecule has 8 nitrogen and oxygen atoms in total. The zero-order valence-electron chi connectivity index (χ0n) is 16.8. The number of nitrogens with zero attached hydrogens (tertiary/aromatic N) is 4. The molecule has 0 radical (unpaired) electrons. The van der Waals surface area contributed by atoms with Gasteiger partial charge >= 0.3 is 0 Å². The van der Waals surface area contributed by atoms with Crippen LogP contribution < -0.4 is 5.32 Å². The number of hydrogen-bond acceptors (Lipinski definition) is 6. The lowest BCUT2D eigenvalue weighted by Gasteiger charge is -2.13. The van der Waals surface area contributed by atoms with E-state index in [-0.39, 0.29) is 29.3 Å². The summed E-state index contributed by atoms with van der Waals surface area (Å²) in [5.74, 6) is -0.173. The molecule has 2 heterocycles. The van der Waals surface area contributed by atoms with Crippen LogP contribution in [0, 0.1) is 17.2 Å². The summed E-state index contributed by atoms with van der Waals surface area (Å²) in [5.41, 5.74) is 2.04. The molecule has 0 saturated carbocycles. The van der Waals surface area contributed by atoms with Crippen LogP contribution in [0.1, 0.15) is 48.7 Å². The molecule has 0 spiro atoms. The minimum Gasteiger partial charge on any atom is -0.385 e. The highest BCUT2D eigenvalue weighted by molar-refractivity contribution is 6.32. The van der Waals surface area contributed by atoms with E-state index in [0.717, 1.165) is 5.56 Å². The third kappa shape index (κ3) is 4.87. The summed E-state index contributed by atoms with van der Waals surface area (Å²) < 4.78 is 6.79. The van der Waals surface area contributed by atoms with E-state index in [1.54, 1.807) is 29.1 Å². The predicted octanol–water partition coefficient (Wildman–Crippen LogP) is 3.57. The number of nitrogens with one attached hydrogen (secondary N) is 1. The summed E-state index contributed by atoms with van der Waals surface area (Å²) >= 11 is 6.09. The standard InChI is InChI=1S/C21H22ClN5O3/c1-12(2)20(28)19-9-18(26-30-19)21(29)24-13(3)11-27-7-6-17(25-27)14-4-5-15(10-23)16(22)8-14/h4-9,12-13,20,28H,11H2,1-3H3,(H,24,29). The van der Waals surface area contributed by atoms with Crippen LogP contribution in [0.5, 0.6) is 0 Å². The van der Waals surface area contributed by atoms with Gasteiger partial charge in [0, 0.05) is 23.9 Å². The van der Waals surface area contributed by atoms with Gasteiger partial charge in [-0.15, -0.1) is 0 Å². The minimum atomic E-state index is -0.810. The number of rotatable bonds is 7. The molecule has 0 bridgehead atoms. The number of aliphatic hydroxyl groups excluding tert-OH is 1. The first kappa shape index (κ1) is 21.6. The van der Waals surface area contributed by atoms with Crippen LogP contribution in [-0.2, 0) is 6.54 Å². The van der Waals surface area contributed by atoms with Crippen LogP contribution in [0.2, 0.25) is 5.02 Å². The van der Waals surface area contributed by atoms with Crippen molar-refractivity contribution in [3.8, 4) is 17.3 Å². The number of hydrogen-bond donors (Lipinski definition) is 2. The van der Waals surface area contributed by atoms with Gasteiger partial charge < -0.3 is 14.9 Å². The first-order valence-corrected chi connectivity index (χ1v) is 9.85. The van der Waals surface area contributed by atoms with Crippen molar-refractivity contribution in [1.82, 2.24) is 20.3 Å². The van der Waals surface area contributed by atoms with E-state index >= 15 is 0 Å². The monoisotopic (exact) mass is 427 g/mol. The molecule has 2 atom stereocenters. The molecule has 1 amide bonds. The number of benzene rings is 1. The number of nitriles is 1. The third-order valence-corrected chi connectivity index (χ3v) is 4.86. The number of amides is 1. The van der Waals surface area contributed by atoms with Gasteiger partial charge in [-0.1, -0.05) is 36.7 Å². The van der Waals surface area contributed by atoms with Crippen molar-refractivity contribution < 1.29 is 14.4 Å². The molecule has 9 heteroatoms. The Morgan fingerprint density at radius 2 is 2.10 bits per heavy atom. The molecule has 3 aromatic rings. The Morgan fingerprint density at radius 1 is 1.33 bits per heavy atom. The first-order valence-electron chi connectivity index (χ1n) is 9.47. The van der Waals surface area contributed by atoms with Gasteiger partial charge in [0.2, 0.25) is 0 Å². The van der Waals surface area contributed by atoms with Gasteiger partial charge in [-0.3, -0.25) is 9.48 Å². The smallest absolute Gasteiger partial charge is 0.273 e. The van der Waals surface area contributed by atoms with Gasteiger partial charge in [0.25, 0.3) is 5.91 Å². The molecule has 0 saturated heterocycles. The Kier molecular flexibility index (Phi) is 6.55. The molecule has 30 heavy (non-hydrogen) atoms. The molecule has 2 unspecified atom stereocenters. The van der Waals surface area contributed by atoms with E-state index in [1.165, 1.54) is 6.07 Å². The van der Waals surface area contributed by atoms with Crippen LogP contribution in [0.3, 0.4) is 0 Å². The van der Waals surface area contributed by atoms with Gasteiger partial charge in [-0.25, -0.2) is 0 Å². The van der Waals surface area contributed by atoms with Crippen LogP contribution in [0.4, 0.5) is 0 Å². The van der Waals surface area contributed by atoms with Crippen LogP contribution >= 0.6 is 11.6 Å². The fourth-order valence-electron chi connectivity index (χ4n) is 2.87. The second-order valence-electron chi connectivity index (χ2n) is 7.41. The molecule has 2 N–H and O–H groups in total. The Morgan fingerprint density at radius 3 is 2.77 bits per heavy atom. The quantitative estimate of drug-likeness (QED) is 0.595. The van der Waals surface area contributed by atoms with E-state index in [4.69, 9.17) is 21.4 Å². The van der Waals surface area contributed by atoms with Crippen molar-refractivity contribution in [3.05, 3.63) is 58.6 Å². The Balaban J connectivity index is 1.62. The van der Waals surface area contributed by atoms with Crippen LogP contribution in [-0.4, -0.2) is 32.0 Å². The Hall–Kier alpha value is -3.15. The average molecular weight is 428 g/mol. The van der Waals surface area contributed by atoms with E-state index in [1.807, 2.05) is 32.9 Å². The average Bonchev–Trinajstić information content (AvgIpc) is 3.37. The van der Waals surface area contributed by atoms with Crippen molar-refractivity contribution in [3.63, 3.8) is 0 Å². The van der Waals surface area contributed by atoms with Gasteiger partial charge in [0.15, 0.2) is 11.5 Å². The number of carbonyl (C=O) groups excluding carboxylic acids is 1. The first-order chi connectivity index (χ1) is 14.3. The molecule has 0 aliphatic carbocycles. The van der Waals surface area contributed by atoms with E-state index in [9.17, 15) is 9.90 Å². The summed E-state index contributed by atoms with van der Waals surface area (Å²) in [6, 6.07) is 10.2. The maximum atomic E-state index is 12.4. The molecule has 1 aromatic carbocycles. The highest BCUT2D eigenvalue weighted by Gasteiger charge is 2.21. The lowest BCUT2D eigenvalue weighted by Crippen LogP contribution is -2.36. The summed E-state index contributed by atoms with van der Waals surface area (Å²) in [6.07, 6.45) is 0.992.